The van der Waals surface area contributed by atoms with E-state index < -0.39 is 0 Å². The number of carbonyl (C=O) groups excluding carboxylic acids is 1. The zero-order chi connectivity index (χ0) is 11.8. The van der Waals surface area contributed by atoms with E-state index in [-0.39, 0.29) is 12.4 Å². The summed E-state index contributed by atoms with van der Waals surface area (Å²) in [6, 6.07) is 0. The highest BCUT2D eigenvalue weighted by Gasteiger charge is 2.12. The molecule has 0 bridgehead atoms. The second kappa shape index (κ2) is 7.14. The van der Waals surface area contributed by atoms with Gasteiger partial charge in [0.05, 0.1) is 13.2 Å². The van der Waals surface area contributed by atoms with Crippen molar-refractivity contribution < 1.29 is 14.3 Å². The second-order valence-corrected chi connectivity index (χ2v) is 3.41. The first-order valence-electron chi connectivity index (χ1n) is 5.40. The molecule has 1 aromatic rings. The number of rotatable bonds is 8. The van der Waals surface area contributed by atoms with E-state index in [1.807, 2.05) is 10.8 Å². The first-order chi connectivity index (χ1) is 7.79. The summed E-state index contributed by atoms with van der Waals surface area (Å²) in [4.78, 5) is 15.8. The molecule has 1 aromatic heterocycles. The molecule has 0 aromatic carbocycles. The van der Waals surface area contributed by atoms with Crippen LogP contribution in [0.2, 0.25) is 0 Å². The Morgan fingerprint density at radius 2 is 2.31 bits per heavy atom. The molecule has 0 spiro atoms. The summed E-state index contributed by atoms with van der Waals surface area (Å²) < 4.78 is 11.8. The molecule has 0 aliphatic rings. The predicted molar refractivity (Wildman–Crippen MR) is 59.5 cm³/mol. The minimum Gasteiger partial charge on any atom is -0.382 e. The molecule has 5 nitrogen and oxygen atoms in total. The van der Waals surface area contributed by atoms with Crippen molar-refractivity contribution in [1.82, 2.24) is 9.55 Å². The molecule has 0 amide bonds. The number of hydrogen-bond acceptors (Lipinski definition) is 4. The maximum Gasteiger partial charge on any atom is 0.223 e. The summed E-state index contributed by atoms with van der Waals surface area (Å²) in [5.74, 6) is 0.383. The topological polar surface area (TPSA) is 53.4 Å². The molecular formula is C11H18N2O3. The van der Waals surface area contributed by atoms with Gasteiger partial charge in [-0.1, -0.05) is 6.92 Å². The second-order valence-electron chi connectivity index (χ2n) is 3.41. The molecule has 0 unspecified atom stereocenters. The van der Waals surface area contributed by atoms with Crippen molar-refractivity contribution in [3.63, 3.8) is 0 Å². The van der Waals surface area contributed by atoms with Crippen molar-refractivity contribution in [3.8, 4) is 0 Å². The smallest absolute Gasteiger partial charge is 0.223 e. The lowest BCUT2D eigenvalue weighted by atomic mass is 10.3. The highest BCUT2D eigenvalue weighted by molar-refractivity contribution is 5.93. The fraction of sp³-hybridized carbons (Fsp3) is 0.636. The van der Waals surface area contributed by atoms with Crippen LogP contribution in [0.15, 0.2) is 12.4 Å². The number of carbonyl (C=O) groups is 1. The van der Waals surface area contributed by atoms with Gasteiger partial charge in [0.1, 0.15) is 6.61 Å². The van der Waals surface area contributed by atoms with Crippen LogP contribution < -0.4 is 0 Å². The normalized spacial score (nSPS) is 10.6. The Morgan fingerprint density at radius 1 is 1.50 bits per heavy atom. The van der Waals surface area contributed by atoms with Crippen LogP contribution in [-0.4, -0.2) is 42.3 Å². The number of imidazole rings is 1. The number of Topliss-reactive ketones (excluding diaryl/α,β-unsaturated/α-hetero) is 1. The van der Waals surface area contributed by atoms with Crippen molar-refractivity contribution in [2.75, 3.05) is 26.9 Å². The van der Waals surface area contributed by atoms with E-state index in [1.165, 1.54) is 0 Å². The van der Waals surface area contributed by atoms with Crippen LogP contribution in [0.4, 0.5) is 0 Å². The summed E-state index contributed by atoms with van der Waals surface area (Å²) in [6.07, 6.45) is 4.42. The number of methoxy groups -OCH3 is 1. The van der Waals surface area contributed by atoms with Crippen molar-refractivity contribution in [2.24, 2.45) is 0 Å². The standard InChI is InChI=1S/C11H18N2O3/c1-3-5-13-6-4-12-11(13)10(14)9-16-8-7-15-2/h4,6H,3,5,7-9H2,1-2H3. The van der Waals surface area contributed by atoms with Gasteiger partial charge in [0.25, 0.3) is 0 Å². The number of ether oxygens (including phenoxy) is 2. The average molecular weight is 226 g/mol. The third-order valence-electron chi connectivity index (χ3n) is 2.09. The van der Waals surface area contributed by atoms with Crippen LogP contribution in [0, 0.1) is 0 Å². The molecule has 90 valence electrons. The van der Waals surface area contributed by atoms with Crippen LogP contribution in [0.5, 0.6) is 0 Å². The Balaban J connectivity index is 2.42. The molecule has 0 radical (unpaired) electrons. The molecule has 0 saturated carbocycles. The highest BCUT2D eigenvalue weighted by Crippen LogP contribution is 2.01. The van der Waals surface area contributed by atoms with Gasteiger partial charge in [-0.15, -0.1) is 0 Å². The Hall–Kier alpha value is -1.20. The van der Waals surface area contributed by atoms with Crippen molar-refractivity contribution >= 4 is 5.78 Å². The van der Waals surface area contributed by atoms with Gasteiger partial charge in [0.15, 0.2) is 5.82 Å². The fourth-order valence-electron chi connectivity index (χ4n) is 1.35. The summed E-state index contributed by atoms with van der Waals surface area (Å²) in [6.45, 7) is 3.85. The van der Waals surface area contributed by atoms with Crippen molar-refractivity contribution in [3.05, 3.63) is 18.2 Å². The predicted octanol–water partition coefficient (Wildman–Crippen LogP) is 1.14. The molecule has 5 heteroatoms. The zero-order valence-corrected chi connectivity index (χ0v) is 9.81. The first kappa shape index (κ1) is 12.9. The van der Waals surface area contributed by atoms with Crippen LogP contribution in [0.3, 0.4) is 0 Å². The summed E-state index contributed by atoms with van der Waals surface area (Å²) in [5, 5.41) is 0. The number of ketones is 1. The maximum atomic E-state index is 11.7. The van der Waals surface area contributed by atoms with Gasteiger partial charge >= 0.3 is 0 Å². The van der Waals surface area contributed by atoms with E-state index in [1.54, 1.807) is 13.3 Å². The summed E-state index contributed by atoms with van der Waals surface area (Å²) >= 11 is 0. The summed E-state index contributed by atoms with van der Waals surface area (Å²) in [5.41, 5.74) is 0. The third kappa shape index (κ3) is 3.75. The SMILES string of the molecule is CCCn1ccnc1C(=O)COCCOC. The molecule has 0 aliphatic carbocycles. The minimum absolute atomic E-state index is 0.0596. The van der Waals surface area contributed by atoms with Gasteiger partial charge in [0, 0.05) is 26.0 Å². The van der Waals surface area contributed by atoms with Gasteiger partial charge in [0.2, 0.25) is 5.78 Å². The van der Waals surface area contributed by atoms with E-state index in [0.29, 0.717) is 19.0 Å². The molecule has 0 atom stereocenters. The summed E-state index contributed by atoms with van der Waals surface area (Å²) in [7, 11) is 1.60. The maximum absolute atomic E-state index is 11.7. The van der Waals surface area contributed by atoms with E-state index in [4.69, 9.17) is 9.47 Å². The van der Waals surface area contributed by atoms with E-state index in [2.05, 4.69) is 11.9 Å². The lowest BCUT2D eigenvalue weighted by molar-refractivity contribution is 0.0566. The van der Waals surface area contributed by atoms with Crippen LogP contribution in [0.1, 0.15) is 24.0 Å². The Labute approximate surface area is 95.4 Å². The van der Waals surface area contributed by atoms with Crippen LogP contribution >= 0.6 is 0 Å². The minimum atomic E-state index is -0.0884. The number of nitrogens with zero attached hydrogens (tertiary/aromatic N) is 2. The molecule has 0 N–H and O–H groups in total. The van der Waals surface area contributed by atoms with Crippen molar-refractivity contribution in [2.45, 2.75) is 19.9 Å². The molecule has 0 fully saturated rings. The quantitative estimate of drug-likeness (QED) is 0.492. The van der Waals surface area contributed by atoms with Crippen LogP contribution in [0.25, 0.3) is 0 Å². The van der Waals surface area contributed by atoms with Gasteiger partial charge in [-0.2, -0.15) is 0 Å². The van der Waals surface area contributed by atoms with Crippen molar-refractivity contribution in [1.29, 1.82) is 0 Å². The molecule has 16 heavy (non-hydrogen) atoms. The largest absolute Gasteiger partial charge is 0.382 e. The number of hydrogen-bond donors (Lipinski definition) is 0. The van der Waals surface area contributed by atoms with Gasteiger partial charge in [-0.05, 0) is 6.42 Å². The molecule has 1 rings (SSSR count). The molecule has 1 heterocycles. The Morgan fingerprint density at radius 3 is 3.00 bits per heavy atom. The lowest BCUT2D eigenvalue weighted by Crippen LogP contribution is -2.17. The van der Waals surface area contributed by atoms with Gasteiger partial charge in [-0.3, -0.25) is 4.79 Å². The average Bonchev–Trinajstić information content (AvgIpc) is 2.73. The first-order valence-corrected chi connectivity index (χ1v) is 5.40. The highest BCUT2D eigenvalue weighted by atomic mass is 16.5. The van der Waals surface area contributed by atoms with E-state index in [9.17, 15) is 4.79 Å². The molecule has 0 aliphatic heterocycles. The van der Waals surface area contributed by atoms with Gasteiger partial charge in [-0.25, -0.2) is 4.98 Å². The third-order valence-corrected chi connectivity index (χ3v) is 2.09. The van der Waals surface area contributed by atoms with E-state index in [0.717, 1.165) is 13.0 Å². The number of aromatic nitrogens is 2. The fourth-order valence-corrected chi connectivity index (χ4v) is 1.35. The molecule has 0 saturated heterocycles. The number of aryl methyl sites for hydroxylation is 1. The monoisotopic (exact) mass is 226 g/mol. The molecular weight excluding hydrogens is 208 g/mol. The van der Waals surface area contributed by atoms with Crippen LogP contribution in [-0.2, 0) is 16.0 Å². The Bertz CT molecular complexity index is 323. The van der Waals surface area contributed by atoms with Gasteiger partial charge < -0.3 is 14.0 Å². The zero-order valence-electron chi connectivity index (χ0n) is 9.81. The Kier molecular flexibility index (Phi) is 5.74. The van der Waals surface area contributed by atoms with E-state index >= 15 is 0 Å². The lowest BCUT2D eigenvalue weighted by Gasteiger charge is -2.05.